The van der Waals surface area contributed by atoms with Gasteiger partial charge >= 0.3 is 0 Å². The highest BCUT2D eigenvalue weighted by Gasteiger charge is 2.15. The molecule has 0 unspecified atom stereocenters. The molecule has 1 amide bonds. The zero-order chi connectivity index (χ0) is 22.3. The molecule has 164 valence electrons. The Kier molecular flexibility index (Phi) is 7.48. The number of aryl methyl sites for hydroxylation is 1. The van der Waals surface area contributed by atoms with E-state index >= 15 is 0 Å². The average Bonchev–Trinajstić information content (AvgIpc) is 3.26. The van der Waals surface area contributed by atoms with E-state index in [4.69, 9.17) is 9.47 Å². The molecule has 1 aromatic heterocycles. The Morgan fingerprint density at radius 3 is 2.55 bits per heavy atom. The van der Waals surface area contributed by atoms with Gasteiger partial charge in [0.2, 0.25) is 5.91 Å². The van der Waals surface area contributed by atoms with Crippen LogP contribution in [0.1, 0.15) is 18.9 Å². The largest absolute Gasteiger partial charge is 0.493 e. The zero-order valence-electron chi connectivity index (χ0n) is 17.1. The van der Waals surface area contributed by atoms with E-state index in [2.05, 4.69) is 15.0 Å². The summed E-state index contributed by atoms with van der Waals surface area (Å²) in [5.74, 6) is 1.12. The van der Waals surface area contributed by atoms with Gasteiger partial charge in [-0.25, -0.2) is 13.4 Å². The highest BCUT2D eigenvalue weighted by Crippen LogP contribution is 2.28. The highest BCUT2D eigenvalue weighted by atomic mass is 32.2. The van der Waals surface area contributed by atoms with Crippen LogP contribution in [0.25, 0.3) is 0 Å². The lowest BCUT2D eigenvalue weighted by Crippen LogP contribution is -2.14. The molecule has 2 N–H and O–H groups in total. The van der Waals surface area contributed by atoms with Gasteiger partial charge in [0.1, 0.15) is 0 Å². The number of ether oxygens (including phenoxy) is 2. The summed E-state index contributed by atoms with van der Waals surface area (Å²) in [6.07, 6.45) is 2.31. The molecule has 0 radical (unpaired) electrons. The molecule has 0 spiro atoms. The maximum Gasteiger partial charge on any atom is 0.263 e. The number of anilines is 2. The third-order valence-corrected chi connectivity index (χ3v) is 6.44. The summed E-state index contributed by atoms with van der Waals surface area (Å²) in [7, 11) is -2.15. The fourth-order valence-corrected chi connectivity index (χ4v) is 4.58. The van der Waals surface area contributed by atoms with Crippen molar-refractivity contribution in [1.29, 1.82) is 0 Å². The lowest BCUT2D eigenvalue weighted by molar-refractivity contribution is -0.116. The average molecular weight is 462 g/mol. The standard InChI is InChI=1S/C21H23N3O5S2/c1-3-29-18-10-4-15(14-19(18)28-2)5-11-20(25)23-16-6-8-17(9-7-16)31(26,27)24-21-22-12-13-30-21/h4,6-10,12-14H,3,5,11H2,1-2H3,(H,22,24)(H,23,25). The van der Waals surface area contributed by atoms with Crippen molar-refractivity contribution in [3.8, 4) is 11.5 Å². The maximum atomic E-state index is 12.4. The predicted molar refractivity (Wildman–Crippen MR) is 120 cm³/mol. The van der Waals surface area contributed by atoms with Gasteiger partial charge in [-0.3, -0.25) is 9.52 Å². The molecule has 3 aromatic rings. The fourth-order valence-electron chi connectivity index (χ4n) is 2.79. The van der Waals surface area contributed by atoms with E-state index in [9.17, 15) is 13.2 Å². The Morgan fingerprint density at radius 1 is 1.13 bits per heavy atom. The Balaban J connectivity index is 1.56. The van der Waals surface area contributed by atoms with E-state index in [-0.39, 0.29) is 17.2 Å². The van der Waals surface area contributed by atoms with Crippen molar-refractivity contribution < 1.29 is 22.7 Å². The van der Waals surface area contributed by atoms with Crippen LogP contribution in [0.2, 0.25) is 0 Å². The molecule has 0 aliphatic heterocycles. The first kappa shape index (κ1) is 22.6. The molecule has 10 heteroatoms. The van der Waals surface area contributed by atoms with Crippen molar-refractivity contribution in [2.45, 2.75) is 24.7 Å². The lowest BCUT2D eigenvalue weighted by Gasteiger charge is -2.11. The molecule has 0 saturated heterocycles. The monoisotopic (exact) mass is 461 g/mol. The van der Waals surface area contributed by atoms with Crippen LogP contribution < -0.4 is 19.5 Å². The van der Waals surface area contributed by atoms with E-state index in [1.807, 2.05) is 25.1 Å². The molecule has 0 saturated carbocycles. The third-order valence-electron chi connectivity index (χ3n) is 4.27. The number of methoxy groups -OCH3 is 1. The number of nitrogens with one attached hydrogen (secondary N) is 2. The minimum Gasteiger partial charge on any atom is -0.493 e. The molecule has 0 atom stereocenters. The van der Waals surface area contributed by atoms with Gasteiger partial charge in [-0.15, -0.1) is 11.3 Å². The summed E-state index contributed by atoms with van der Waals surface area (Å²) in [5, 5.41) is 4.75. The Bertz CT molecular complexity index is 1110. The number of amides is 1. The topological polar surface area (TPSA) is 107 Å². The van der Waals surface area contributed by atoms with Crippen LogP contribution >= 0.6 is 11.3 Å². The van der Waals surface area contributed by atoms with Crippen LogP contribution in [0.15, 0.2) is 58.9 Å². The van der Waals surface area contributed by atoms with Crippen LogP contribution in [-0.4, -0.2) is 33.0 Å². The summed E-state index contributed by atoms with van der Waals surface area (Å²) < 4.78 is 37.9. The first-order valence-corrected chi connectivity index (χ1v) is 11.9. The van der Waals surface area contributed by atoms with E-state index in [0.29, 0.717) is 35.3 Å². The van der Waals surface area contributed by atoms with Gasteiger partial charge in [0.15, 0.2) is 16.6 Å². The summed E-state index contributed by atoms with van der Waals surface area (Å²) in [6, 6.07) is 11.5. The smallest absolute Gasteiger partial charge is 0.263 e. The van der Waals surface area contributed by atoms with Crippen LogP contribution in [-0.2, 0) is 21.2 Å². The normalized spacial score (nSPS) is 11.0. The summed E-state index contributed by atoms with van der Waals surface area (Å²) in [4.78, 5) is 16.3. The second-order valence-electron chi connectivity index (χ2n) is 6.43. The molecular weight excluding hydrogens is 438 g/mol. The third kappa shape index (κ3) is 6.19. The number of hydrogen-bond donors (Lipinski definition) is 2. The Hall–Kier alpha value is -3.11. The molecule has 3 rings (SSSR count). The summed E-state index contributed by atoms with van der Waals surface area (Å²) >= 11 is 1.19. The van der Waals surface area contributed by atoms with Crippen LogP contribution in [0.5, 0.6) is 11.5 Å². The fraction of sp³-hybridized carbons (Fsp3) is 0.238. The SMILES string of the molecule is CCOc1ccc(CCC(=O)Nc2ccc(S(=O)(=O)Nc3nccs3)cc2)cc1OC. The second kappa shape index (κ2) is 10.3. The van der Waals surface area contributed by atoms with E-state index in [0.717, 1.165) is 5.56 Å². The predicted octanol–water partition coefficient (Wildman–Crippen LogP) is 3.92. The van der Waals surface area contributed by atoms with E-state index in [1.165, 1.54) is 29.7 Å². The Morgan fingerprint density at radius 2 is 1.90 bits per heavy atom. The van der Waals surface area contributed by atoms with Crippen LogP contribution in [0, 0.1) is 0 Å². The number of carbonyl (C=O) groups is 1. The van der Waals surface area contributed by atoms with Crippen molar-refractivity contribution in [2.75, 3.05) is 23.8 Å². The molecule has 31 heavy (non-hydrogen) atoms. The molecule has 0 bridgehead atoms. The first-order chi connectivity index (χ1) is 14.9. The number of thiazole rings is 1. The molecular formula is C21H23N3O5S2. The van der Waals surface area contributed by atoms with Gasteiger partial charge in [0.25, 0.3) is 10.0 Å². The minimum absolute atomic E-state index is 0.0854. The highest BCUT2D eigenvalue weighted by molar-refractivity contribution is 7.93. The van der Waals surface area contributed by atoms with Gasteiger partial charge in [0.05, 0.1) is 18.6 Å². The molecule has 0 aliphatic carbocycles. The molecule has 0 aliphatic rings. The number of nitrogens with zero attached hydrogens (tertiary/aromatic N) is 1. The number of benzene rings is 2. The molecule has 8 nitrogen and oxygen atoms in total. The zero-order valence-corrected chi connectivity index (χ0v) is 18.8. The van der Waals surface area contributed by atoms with Gasteiger partial charge < -0.3 is 14.8 Å². The van der Waals surface area contributed by atoms with Crippen LogP contribution in [0.3, 0.4) is 0 Å². The number of rotatable bonds is 10. The first-order valence-electron chi connectivity index (χ1n) is 9.53. The van der Waals surface area contributed by atoms with E-state index in [1.54, 1.807) is 24.6 Å². The Labute approximate surface area is 185 Å². The van der Waals surface area contributed by atoms with Crippen molar-refractivity contribution >= 4 is 38.1 Å². The second-order valence-corrected chi connectivity index (χ2v) is 9.01. The minimum atomic E-state index is -3.73. The van der Waals surface area contributed by atoms with Gasteiger partial charge in [-0.05, 0) is 55.3 Å². The van der Waals surface area contributed by atoms with Crippen molar-refractivity contribution in [1.82, 2.24) is 4.98 Å². The van der Waals surface area contributed by atoms with Crippen molar-refractivity contribution in [2.24, 2.45) is 0 Å². The summed E-state index contributed by atoms with van der Waals surface area (Å²) in [6.45, 7) is 2.44. The number of aromatic nitrogens is 1. The quantitative estimate of drug-likeness (QED) is 0.474. The summed E-state index contributed by atoms with van der Waals surface area (Å²) in [5.41, 5.74) is 1.47. The molecule has 1 heterocycles. The number of carbonyl (C=O) groups excluding carboxylic acids is 1. The van der Waals surface area contributed by atoms with Gasteiger partial charge in [-0.2, -0.15) is 0 Å². The van der Waals surface area contributed by atoms with Gasteiger partial charge in [0, 0.05) is 23.7 Å². The van der Waals surface area contributed by atoms with Crippen LogP contribution in [0.4, 0.5) is 10.8 Å². The van der Waals surface area contributed by atoms with Crippen molar-refractivity contribution in [3.63, 3.8) is 0 Å². The lowest BCUT2D eigenvalue weighted by atomic mass is 10.1. The van der Waals surface area contributed by atoms with E-state index < -0.39 is 10.0 Å². The van der Waals surface area contributed by atoms with Gasteiger partial charge in [-0.1, -0.05) is 6.07 Å². The molecule has 0 fully saturated rings. The molecule has 2 aromatic carbocycles. The number of hydrogen-bond acceptors (Lipinski definition) is 7. The number of sulfonamides is 1. The van der Waals surface area contributed by atoms with Crippen molar-refractivity contribution in [3.05, 3.63) is 59.6 Å². The maximum absolute atomic E-state index is 12.4.